The maximum Gasteiger partial charge on any atom is 0.122 e. The van der Waals surface area contributed by atoms with Crippen molar-refractivity contribution in [2.45, 2.75) is 19.8 Å². The van der Waals surface area contributed by atoms with Crippen molar-refractivity contribution in [3.8, 4) is 5.75 Å². The number of ether oxygens (including phenoxy) is 1. The van der Waals surface area contributed by atoms with Gasteiger partial charge >= 0.3 is 0 Å². The van der Waals surface area contributed by atoms with Crippen LogP contribution < -0.4 is 15.8 Å². The van der Waals surface area contributed by atoms with Crippen LogP contribution in [0.3, 0.4) is 0 Å². The standard InChI is InChI=1S/C14H20N4O/c1-10-11(9-17-18-10)4-3-5-16-13-6-12(15)7-14(8-13)19-2/h6-9,16H,3-5,15H2,1-2H3,(H,17,18). The molecule has 0 bridgehead atoms. The van der Waals surface area contributed by atoms with Gasteiger partial charge in [-0.05, 0) is 31.4 Å². The van der Waals surface area contributed by atoms with Gasteiger partial charge in [0.15, 0.2) is 0 Å². The van der Waals surface area contributed by atoms with Crippen LogP contribution in [0.1, 0.15) is 17.7 Å². The summed E-state index contributed by atoms with van der Waals surface area (Å²) in [5, 5.41) is 10.3. The van der Waals surface area contributed by atoms with Gasteiger partial charge in [-0.1, -0.05) is 0 Å². The summed E-state index contributed by atoms with van der Waals surface area (Å²) in [7, 11) is 1.64. The highest BCUT2D eigenvalue weighted by Crippen LogP contribution is 2.22. The van der Waals surface area contributed by atoms with Gasteiger partial charge in [0.2, 0.25) is 0 Å². The molecule has 0 saturated carbocycles. The van der Waals surface area contributed by atoms with E-state index in [0.29, 0.717) is 5.69 Å². The molecular formula is C14H20N4O. The molecule has 0 saturated heterocycles. The monoisotopic (exact) mass is 260 g/mol. The van der Waals surface area contributed by atoms with Gasteiger partial charge in [-0.15, -0.1) is 0 Å². The van der Waals surface area contributed by atoms with Gasteiger partial charge in [-0.25, -0.2) is 0 Å². The van der Waals surface area contributed by atoms with Gasteiger partial charge in [0, 0.05) is 35.7 Å². The molecule has 1 aromatic heterocycles. The fourth-order valence-corrected chi connectivity index (χ4v) is 1.98. The Morgan fingerprint density at radius 2 is 2.21 bits per heavy atom. The van der Waals surface area contributed by atoms with Crippen molar-refractivity contribution in [2.24, 2.45) is 0 Å². The number of aryl methyl sites for hydroxylation is 2. The Morgan fingerprint density at radius 1 is 1.37 bits per heavy atom. The molecular weight excluding hydrogens is 240 g/mol. The number of hydrogen-bond acceptors (Lipinski definition) is 4. The molecule has 0 amide bonds. The number of benzene rings is 1. The lowest BCUT2D eigenvalue weighted by atomic mass is 10.1. The number of methoxy groups -OCH3 is 1. The predicted molar refractivity (Wildman–Crippen MR) is 77.5 cm³/mol. The summed E-state index contributed by atoms with van der Waals surface area (Å²) in [4.78, 5) is 0. The minimum Gasteiger partial charge on any atom is -0.497 e. The Hall–Kier alpha value is -2.17. The molecule has 19 heavy (non-hydrogen) atoms. The molecule has 102 valence electrons. The van der Waals surface area contributed by atoms with E-state index in [-0.39, 0.29) is 0 Å². The van der Waals surface area contributed by atoms with E-state index in [1.807, 2.05) is 25.3 Å². The molecule has 1 aromatic carbocycles. The van der Waals surface area contributed by atoms with Gasteiger partial charge in [-0.3, -0.25) is 5.10 Å². The summed E-state index contributed by atoms with van der Waals surface area (Å²) < 4.78 is 5.18. The minimum absolute atomic E-state index is 0.701. The van der Waals surface area contributed by atoms with Crippen LogP contribution in [-0.2, 0) is 6.42 Å². The maximum atomic E-state index is 5.80. The highest BCUT2D eigenvalue weighted by molar-refractivity contribution is 5.59. The third-order valence-electron chi connectivity index (χ3n) is 3.05. The van der Waals surface area contributed by atoms with E-state index < -0.39 is 0 Å². The summed E-state index contributed by atoms with van der Waals surface area (Å²) in [6, 6.07) is 5.66. The first-order valence-electron chi connectivity index (χ1n) is 6.36. The van der Waals surface area contributed by atoms with E-state index in [1.165, 1.54) is 5.56 Å². The lowest BCUT2D eigenvalue weighted by molar-refractivity contribution is 0.415. The second kappa shape index (κ2) is 6.13. The first-order valence-corrected chi connectivity index (χ1v) is 6.36. The smallest absolute Gasteiger partial charge is 0.122 e. The topological polar surface area (TPSA) is 76.0 Å². The van der Waals surface area contributed by atoms with Crippen LogP contribution in [0.15, 0.2) is 24.4 Å². The van der Waals surface area contributed by atoms with Crippen molar-refractivity contribution in [1.82, 2.24) is 10.2 Å². The number of nitrogen functional groups attached to an aromatic ring is 1. The number of H-pyrrole nitrogens is 1. The van der Waals surface area contributed by atoms with E-state index in [9.17, 15) is 0 Å². The largest absolute Gasteiger partial charge is 0.497 e. The molecule has 5 heteroatoms. The van der Waals surface area contributed by atoms with Gasteiger partial charge < -0.3 is 15.8 Å². The molecule has 1 heterocycles. The molecule has 5 nitrogen and oxygen atoms in total. The number of nitrogens with one attached hydrogen (secondary N) is 2. The molecule has 4 N–H and O–H groups in total. The number of anilines is 2. The number of aromatic nitrogens is 2. The highest BCUT2D eigenvalue weighted by Gasteiger charge is 2.01. The van der Waals surface area contributed by atoms with Crippen molar-refractivity contribution >= 4 is 11.4 Å². The van der Waals surface area contributed by atoms with Gasteiger partial charge in [0.1, 0.15) is 5.75 Å². The molecule has 0 aliphatic heterocycles. The number of hydrogen-bond donors (Lipinski definition) is 3. The van der Waals surface area contributed by atoms with Crippen LogP contribution in [0.5, 0.6) is 5.75 Å². The highest BCUT2D eigenvalue weighted by atomic mass is 16.5. The summed E-state index contributed by atoms with van der Waals surface area (Å²) in [5.74, 6) is 0.771. The molecule has 0 aliphatic rings. The molecule has 2 rings (SSSR count). The normalized spacial score (nSPS) is 10.4. The van der Waals surface area contributed by atoms with Crippen molar-refractivity contribution < 1.29 is 4.74 Å². The lowest BCUT2D eigenvalue weighted by Gasteiger charge is -2.09. The summed E-state index contributed by atoms with van der Waals surface area (Å²) in [5.41, 5.74) is 9.91. The molecule has 0 unspecified atom stereocenters. The Kier molecular flexibility index (Phi) is 4.28. The van der Waals surface area contributed by atoms with E-state index in [0.717, 1.165) is 36.5 Å². The Balaban J connectivity index is 1.82. The molecule has 0 atom stereocenters. The van der Waals surface area contributed by atoms with E-state index in [4.69, 9.17) is 10.5 Å². The van der Waals surface area contributed by atoms with Gasteiger partial charge in [-0.2, -0.15) is 5.10 Å². The van der Waals surface area contributed by atoms with Crippen LogP contribution in [0, 0.1) is 6.92 Å². The van der Waals surface area contributed by atoms with Crippen LogP contribution >= 0.6 is 0 Å². The zero-order valence-electron chi connectivity index (χ0n) is 11.4. The van der Waals surface area contributed by atoms with Crippen LogP contribution in [0.2, 0.25) is 0 Å². The second-order valence-corrected chi connectivity index (χ2v) is 4.55. The van der Waals surface area contributed by atoms with Crippen LogP contribution in [0.25, 0.3) is 0 Å². The second-order valence-electron chi connectivity index (χ2n) is 4.55. The Labute approximate surface area is 113 Å². The van der Waals surface area contributed by atoms with Crippen LogP contribution in [0.4, 0.5) is 11.4 Å². The first-order chi connectivity index (χ1) is 9.19. The van der Waals surface area contributed by atoms with Crippen molar-refractivity contribution in [3.63, 3.8) is 0 Å². The van der Waals surface area contributed by atoms with Crippen LogP contribution in [-0.4, -0.2) is 23.9 Å². The third-order valence-corrected chi connectivity index (χ3v) is 3.05. The molecule has 0 fully saturated rings. The maximum absolute atomic E-state index is 5.80. The Morgan fingerprint density at radius 3 is 2.89 bits per heavy atom. The fourth-order valence-electron chi connectivity index (χ4n) is 1.98. The SMILES string of the molecule is COc1cc(N)cc(NCCCc2cn[nH]c2C)c1. The van der Waals surface area contributed by atoms with Crippen molar-refractivity contribution in [1.29, 1.82) is 0 Å². The average molecular weight is 260 g/mol. The minimum atomic E-state index is 0.701. The van der Waals surface area contributed by atoms with Gasteiger partial charge in [0.25, 0.3) is 0 Å². The van der Waals surface area contributed by atoms with E-state index in [1.54, 1.807) is 13.2 Å². The predicted octanol–water partition coefficient (Wildman–Crippen LogP) is 2.35. The van der Waals surface area contributed by atoms with Crippen molar-refractivity contribution in [2.75, 3.05) is 24.7 Å². The van der Waals surface area contributed by atoms with E-state index in [2.05, 4.69) is 15.5 Å². The number of nitrogens with two attached hydrogens (primary N) is 1. The zero-order valence-corrected chi connectivity index (χ0v) is 11.4. The fraction of sp³-hybridized carbons (Fsp3) is 0.357. The number of aromatic amines is 1. The quantitative estimate of drug-likeness (QED) is 0.550. The summed E-state index contributed by atoms with van der Waals surface area (Å²) in [6.45, 7) is 2.93. The zero-order chi connectivity index (χ0) is 13.7. The molecule has 0 aliphatic carbocycles. The van der Waals surface area contributed by atoms with E-state index >= 15 is 0 Å². The lowest BCUT2D eigenvalue weighted by Crippen LogP contribution is -2.04. The third kappa shape index (κ3) is 3.64. The molecule has 0 radical (unpaired) electrons. The number of rotatable bonds is 6. The number of nitrogens with zero attached hydrogens (tertiary/aromatic N) is 1. The first kappa shape index (κ1) is 13.3. The van der Waals surface area contributed by atoms with Crippen molar-refractivity contribution in [3.05, 3.63) is 35.7 Å². The van der Waals surface area contributed by atoms with Gasteiger partial charge in [0.05, 0.1) is 13.3 Å². The summed E-state index contributed by atoms with van der Waals surface area (Å²) >= 11 is 0. The Bertz CT molecular complexity index is 536. The summed E-state index contributed by atoms with van der Waals surface area (Å²) in [6.07, 6.45) is 3.94. The molecule has 2 aromatic rings. The molecule has 0 spiro atoms. The average Bonchev–Trinajstić information content (AvgIpc) is 2.80.